The summed E-state index contributed by atoms with van der Waals surface area (Å²) in [6.07, 6.45) is 2.22. The van der Waals surface area contributed by atoms with Crippen LogP contribution in [0.2, 0.25) is 0 Å². The number of nitrogen functional groups attached to an aromatic ring is 1. The van der Waals surface area contributed by atoms with Crippen LogP contribution in [-0.4, -0.2) is 22.2 Å². The summed E-state index contributed by atoms with van der Waals surface area (Å²) in [6.45, 7) is 8.79. The molecule has 0 aliphatic rings. The summed E-state index contributed by atoms with van der Waals surface area (Å²) in [7, 11) is 0. The van der Waals surface area contributed by atoms with Crippen molar-refractivity contribution in [1.29, 1.82) is 0 Å². The molecule has 0 bridgehead atoms. The lowest BCUT2D eigenvalue weighted by Crippen LogP contribution is -2.39. The summed E-state index contributed by atoms with van der Waals surface area (Å²) in [5, 5.41) is 13.7. The van der Waals surface area contributed by atoms with Crippen LogP contribution in [0.25, 0.3) is 0 Å². The number of aliphatic hydroxyl groups is 1. The van der Waals surface area contributed by atoms with Crippen molar-refractivity contribution in [3.8, 4) is 0 Å². The van der Waals surface area contributed by atoms with Crippen molar-refractivity contribution in [2.24, 2.45) is 0 Å². The highest BCUT2D eigenvalue weighted by Gasteiger charge is 2.26. The van der Waals surface area contributed by atoms with Gasteiger partial charge >= 0.3 is 0 Å². The van der Waals surface area contributed by atoms with Gasteiger partial charge < -0.3 is 16.2 Å². The standard InChI is InChI=1S/C13H23N3O/c1-12(2,3)16-9-7-13(4,17)10-6-5-8-15-11(10)14/h5-6,8,16-17H,7,9H2,1-4H3,(H2,14,15). The fraction of sp³-hybridized carbons (Fsp3) is 0.615. The highest BCUT2D eigenvalue weighted by atomic mass is 16.3. The zero-order chi connectivity index (χ0) is 13.1. The molecule has 96 valence electrons. The van der Waals surface area contributed by atoms with Crippen LogP contribution in [0.5, 0.6) is 0 Å². The third kappa shape index (κ3) is 4.32. The van der Waals surface area contributed by atoms with Gasteiger partial charge in [-0.3, -0.25) is 0 Å². The van der Waals surface area contributed by atoms with Gasteiger partial charge in [0, 0.05) is 17.3 Å². The van der Waals surface area contributed by atoms with Gasteiger partial charge in [0.25, 0.3) is 0 Å². The summed E-state index contributed by atoms with van der Waals surface area (Å²) in [5.41, 5.74) is 5.57. The van der Waals surface area contributed by atoms with Gasteiger partial charge in [0.2, 0.25) is 0 Å². The van der Waals surface area contributed by atoms with Gasteiger partial charge in [-0.15, -0.1) is 0 Å². The molecule has 1 heterocycles. The van der Waals surface area contributed by atoms with Crippen LogP contribution in [0.4, 0.5) is 5.82 Å². The van der Waals surface area contributed by atoms with Crippen molar-refractivity contribution in [3.05, 3.63) is 23.9 Å². The number of nitrogens with one attached hydrogen (secondary N) is 1. The predicted octanol–water partition coefficient (Wildman–Crippen LogP) is 1.65. The quantitative estimate of drug-likeness (QED) is 0.744. The molecule has 0 aliphatic heterocycles. The second-order valence-corrected chi connectivity index (χ2v) is 5.64. The topological polar surface area (TPSA) is 71.2 Å². The molecule has 1 aromatic rings. The van der Waals surface area contributed by atoms with Gasteiger partial charge in [-0.2, -0.15) is 0 Å². The van der Waals surface area contributed by atoms with Gasteiger partial charge in [-0.1, -0.05) is 6.07 Å². The van der Waals surface area contributed by atoms with E-state index < -0.39 is 5.60 Å². The largest absolute Gasteiger partial charge is 0.385 e. The zero-order valence-electron chi connectivity index (χ0n) is 11.1. The number of aromatic nitrogens is 1. The molecule has 17 heavy (non-hydrogen) atoms. The molecular weight excluding hydrogens is 214 g/mol. The van der Waals surface area contributed by atoms with Gasteiger partial charge in [0.05, 0.1) is 5.60 Å². The number of hydrogen-bond acceptors (Lipinski definition) is 4. The van der Waals surface area contributed by atoms with Gasteiger partial charge in [0.15, 0.2) is 0 Å². The maximum Gasteiger partial charge on any atom is 0.129 e. The van der Waals surface area contributed by atoms with E-state index in [1.165, 1.54) is 0 Å². The van der Waals surface area contributed by atoms with Crippen molar-refractivity contribution in [2.45, 2.75) is 45.3 Å². The van der Waals surface area contributed by atoms with E-state index in [2.05, 4.69) is 31.1 Å². The Morgan fingerprint density at radius 2 is 2.00 bits per heavy atom. The van der Waals surface area contributed by atoms with Crippen LogP contribution < -0.4 is 11.1 Å². The van der Waals surface area contributed by atoms with Crippen molar-refractivity contribution >= 4 is 5.82 Å². The third-order valence-corrected chi connectivity index (χ3v) is 2.69. The molecule has 0 radical (unpaired) electrons. The number of anilines is 1. The molecule has 0 saturated heterocycles. The Kier molecular flexibility index (Phi) is 4.11. The average Bonchev–Trinajstić information content (AvgIpc) is 2.15. The van der Waals surface area contributed by atoms with E-state index in [0.29, 0.717) is 17.8 Å². The monoisotopic (exact) mass is 237 g/mol. The van der Waals surface area contributed by atoms with E-state index >= 15 is 0 Å². The Morgan fingerprint density at radius 3 is 2.53 bits per heavy atom. The normalized spacial score (nSPS) is 15.6. The number of pyridine rings is 1. The summed E-state index contributed by atoms with van der Waals surface area (Å²) < 4.78 is 0. The first-order valence-corrected chi connectivity index (χ1v) is 5.91. The number of rotatable bonds is 4. The fourth-order valence-corrected chi connectivity index (χ4v) is 1.69. The van der Waals surface area contributed by atoms with E-state index in [9.17, 15) is 5.11 Å². The van der Waals surface area contributed by atoms with Crippen molar-refractivity contribution in [2.75, 3.05) is 12.3 Å². The second kappa shape index (κ2) is 5.02. The lowest BCUT2D eigenvalue weighted by Gasteiger charge is -2.27. The van der Waals surface area contributed by atoms with Gasteiger partial charge in [-0.05, 0) is 46.7 Å². The first-order valence-electron chi connectivity index (χ1n) is 5.91. The minimum atomic E-state index is -0.948. The Bertz CT molecular complexity index is 369. The van der Waals surface area contributed by atoms with Crippen molar-refractivity contribution in [1.82, 2.24) is 10.3 Å². The van der Waals surface area contributed by atoms with Gasteiger partial charge in [0.1, 0.15) is 5.82 Å². The van der Waals surface area contributed by atoms with Crippen molar-refractivity contribution in [3.63, 3.8) is 0 Å². The lowest BCUT2D eigenvalue weighted by molar-refractivity contribution is 0.0469. The number of hydrogen-bond donors (Lipinski definition) is 3. The van der Waals surface area contributed by atoms with E-state index in [1.807, 2.05) is 6.07 Å². The molecule has 1 atom stereocenters. The number of nitrogens with two attached hydrogens (primary N) is 1. The molecular formula is C13H23N3O. The Balaban J connectivity index is 2.66. The Labute approximate surface area is 103 Å². The molecule has 1 rings (SSSR count). The Morgan fingerprint density at radius 1 is 1.35 bits per heavy atom. The molecule has 0 aliphatic carbocycles. The van der Waals surface area contributed by atoms with Gasteiger partial charge in [-0.25, -0.2) is 4.98 Å². The average molecular weight is 237 g/mol. The third-order valence-electron chi connectivity index (χ3n) is 2.69. The highest BCUT2D eigenvalue weighted by molar-refractivity contribution is 5.42. The molecule has 4 N–H and O–H groups in total. The van der Waals surface area contributed by atoms with Crippen LogP contribution in [0.1, 0.15) is 39.7 Å². The first kappa shape index (κ1) is 13.9. The number of nitrogens with zero attached hydrogens (tertiary/aromatic N) is 1. The van der Waals surface area contributed by atoms with Crippen molar-refractivity contribution < 1.29 is 5.11 Å². The van der Waals surface area contributed by atoms with Crippen LogP contribution in [0.15, 0.2) is 18.3 Å². The van der Waals surface area contributed by atoms with Crippen LogP contribution in [0, 0.1) is 0 Å². The molecule has 0 amide bonds. The zero-order valence-corrected chi connectivity index (χ0v) is 11.1. The maximum atomic E-state index is 10.4. The minimum absolute atomic E-state index is 0.0521. The SMILES string of the molecule is CC(C)(C)NCCC(C)(O)c1cccnc1N. The van der Waals surface area contributed by atoms with Crippen LogP contribution in [0.3, 0.4) is 0 Å². The smallest absolute Gasteiger partial charge is 0.129 e. The van der Waals surface area contributed by atoms with E-state index in [-0.39, 0.29) is 5.54 Å². The molecule has 1 unspecified atom stereocenters. The summed E-state index contributed by atoms with van der Waals surface area (Å²) in [4.78, 5) is 4.00. The molecule has 4 nitrogen and oxygen atoms in total. The molecule has 0 aromatic carbocycles. The maximum absolute atomic E-state index is 10.4. The van der Waals surface area contributed by atoms with E-state index in [0.717, 1.165) is 6.54 Å². The van der Waals surface area contributed by atoms with Crippen LogP contribution in [-0.2, 0) is 5.60 Å². The molecule has 1 aromatic heterocycles. The fourth-order valence-electron chi connectivity index (χ4n) is 1.69. The molecule has 4 heteroatoms. The molecule has 0 saturated carbocycles. The predicted molar refractivity (Wildman–Crippen MR) is 70.6 cm³/mol. The second-order valence-electron chi connectivity index (χ2n) is 5.64. The molecule has 0 spiro atoms. The van der Waals surface area contributed by atoms with Crippen LogP contribution >= 0.6 is 0 Å². The van der Waals surface area contributed by atoms with E-state index in [1.54, 1.807) is 19.2 Å². The van der Waals surface area contributed by atoms with E-state index in [4.69, 9.17) is 5.73 Å². The summed E-state index contributed by atoms with van der Waals surface area (Å²) >= 11 is 0. The minimum Gasteiger partial charge on any atom is -0.385 e. The highest BCUT2D eigenvalue weighted by Crippen LogP contribution is 2.27. The molecule has 0 fully saturated rings. The Hall–Kier alpha value is -1.13. The summed E-state index contributed by atoms with van der Waals surface area (Å²) in [6, 6.07) is 3.61. The lowest BCUT2D eigenvalue weighted by atomic mass is 9.92. The summed E-state index contributed by atoms with van der Waals surface area (Å²) in [5.74, 6) is 0.397. The first-order chi connectivity index (χ1) is 7.72.